The van der Waals surface area contributed by atoms with Crippen LogP contribution in [0, 0.1) is 0 Å². The van der Waals surface area contributed by atoms with Crippen LogP contribution in [0.2, 0.25) is 5.02 Å². The normalized spacial score (nSPS) is 16.5. The molecular weight excluding hydrogens is 408 g/mol. The predicted octanol–water partition coefficient (Wildman–Crippen LogP) is 4.19. The largest absolute Gasteiger partial charge is 0.493 e. The van der Waals surface area contributed by atoms with Gasteiger partial charge in [-0.05, 0) is 49.8 Å². The summed E-state index contributed by atoms with van der Waals surface area (Å²) in [4.78, 5) is 38.7. The van der Waals surface area contributed by atoms with E-state index in [1.54, 1.807) is 30.3 Å². The van der Waals surface area contributed by atoms with Crippen molar-refractivity contribution in [1.29, 1.82) is 0 Å². The highest BCUT2D eigenvalue weighted by Crippen LogP contribution is 2.34. The molecule has 0 aliphatic carbocycles. The maximum atomic E-state index is 13.1. The molecule has 1 aliphatic rings. The molecule has 1 aliphatic heterocycles. The molecule has 4 amide bonds. The van der Waals surface area contributed by atoms with Crippen LogP contribution in [0.15, 0.2) is 48.0 Å². The Morgan fingerprint density at radius 2 is 1.83 bits per heavy atom. The number of carbonyl (C=O) groups is 3. The van der Waals surface area contributed by atoms with Gasteiger partial charge < -0.3 is 9.47 Å². The molecule has 3 rings (SSSR count). The van der Waals surface area contributed by atoms with Crippen molar-refractivity contribution in [2.75, 3.05) is 12.0 Å². The van der Waals surface area contributed by atoms with E-state index in [4.69, 9.17) is 21.1 Å². The molecule has 1 atom stereocenters. The topological polar surface area (TPSA) is 84.9 Å². The molecule has 0 aromatic heterocycles. The van der Waals surface area contributed by atoms with Crippen LogP contribution in [0.4, 0.5) is 10.5 Å². The molecule has 8 heteroatoms. The molecule has 1 heterocycles. The van der Waals surface area contributed by atoms with Gasteiger partial charge in [-0.2, -0.15) is 0 Å². The molecule has 0 unspecified atom stereocenters. The summed E-state index contributed by atoms with van der Waals surface area (Å²) in [7, 11) is 1.51. The second-order valence-corrected chi connectivity index (χ2v) is 7.09. The van der Waals surface area contributed by atoms with E-state index >= 15 is 0 Å². The van der Waals surface area contributed by atoms with Gasteiger partial charge in [-0.25, -0.2) is 9.69 Å². The van der Waals surface area contributed by atoms with Crippen LogP contribution >= 0.6 is 11.6 Å². The first-order valence-corrected chi connectivity index (χ1v) is 9.74. The third-order valence-electron chi connectivity index (χ3n) is 4.61. The van der Waals surface area contributed by atoms with Crippen LogP contribution in [0.1, 0.15) is 25.8 Å². The summed E-state index contributed by atoms with van der Waals surface area (Å²) in [6.45, 7) is 3.88. The molecule has 1 N–H and O–H groups in total. The van der Waals surface area contributed by atoms with Crippen LogP contribution in [0.3, 0.4) is 0 Å². The number of rotatable bonds is 6. The standard InChI is InChI=1S/C22H21ClN2O5/c1-4-13(2)30-19-14(6-5-7-18(19)29-3)12-17-20(26)24-22(28)25(21(17)27)16-10-8-15(23)9-11-16/h5-13H,4H2,1-3H3,(H,24,26,28)/b17-12+/t13-/m0/s1. The van der Waals surface area contributed by atoms with Gasteiger partial charge in [-0.15, -0.1) is 0 Å². The van der Waals surface area contributed by atoms with Crippen LogP contribution in [0.25, 0.3) is 6.08 Å². The first-order chi connectivity index (χ1) is 14.3. The Labute approximate surface area is 179 Å². The first kappa shape index (κ1) is 21.4. The number of hydrogen-bond donors (Lipinski definition) is 1. The number of methoxy groups -OCH3 is 1. The highest BCUT2D eigenvalue weighted by molar-refractivity contribution is 6.39. The smallest absolute Gasteiger partial charge is 0.335 e. The summed E-state index contributed by atoms with van der Waals surface area (Å²) < 4.78 is 11.3. The number of nitrogens with zero attached hydrogens (tertiary/aromatic N) is 1. The highest BCUT2D eigenvalue weighted by atomic mass is 35.5. The Morgan fingerprint density at radius 3 is 2.47 bits per heavy atom. The Hall–Kier alpha value is -3.32. The van der Waals surface area contributed by atoms with Gasteiger partial charge in [-0.3, -0.25) is 14.9 Å². The molecule has 0 radical (unpaired) electrons. The van der Waals surface area contributed by atoms with E-state index in [-0.39, 0.29) is 11.7 Å². The molecule has 156 valence electrons. The summed E-state index contributed by atoms with van der Waals surface area (Å²) >= 11 is 5.89. The van der Waals surface area contributed by atoms with Gasteiger partial charge in [0.2, 0.25) is 0 Å². The summed E-state index contributed by atoms with van der Waals surface area (Å²) in [6, 6.07) is 10.5. The minimum Gasteiger partial charge on any atom is -0.493 e. The monoisotopic (exact) mass is 428 g/mol. The molecule has 7 nitrogen and oxygen atoms in total. The summed E-state index contributed by atoms with van der Waals surface area (Å²) in [6.07, 6.45) is 2.04. The number of benzene rings is 2. The van der Waals surface area contributed by atoms with Crippen molar-refractivity contribution in [1.82, 2.24) is 5.32 Å². The van der Waals surface area contributed by atoms with Gasteiger partial charge in [-0.1, -0.05) is 30.7 Å². The fraction of sp³-hybridized carbons (Fsp3) is 0.227. The maximum absolute atomic E-state index is 13.1. The van der Waals surface area contributed by atoms with Crippen molar-refractivity contribution in [3.05, 3.63) is 58.6 Å². The van der Waals surface area contributed by atoms with Crippen molar-refractivity contribution < 1.29 is 23.9 Å². The van der Waals surface area contributed by atoms with E-state index in [2.05, 4.69) is 5.32 Å². The number of para-hydroxylation sites is 1. The summed E-state index contributed by atoms with van der Waals surface area (Å²) in [5.74, 6) is -0.646. The van der Waals surface area contributed by atoms with E-state index in [0.29, 0.717) is 27.8 Å². The Morgan fingerprint density at radius 1 is 1.13 bits per heavy atom. The van der Waals surface area contributed by atoms with Crippen molar-refractivity contribution in [3.8, 4) is 11.5 Å². The van der Waals surface area contributed by atoms with E-state index in [1.807, 2.05) is 13.8 Å². The van der Waals surface area contributed by atoms with E-state index in [9.17, 15) is 14.4 Å². The van der Waals surface area contributed by atoms with Gasteiger partial charge in [0, 0.05) is 10.6 Å². The molecule has 0 spiro atoms. The SMILES string of the molecule is CC[C@H](C)Oc1c(/C=C2\C(=O)NC(=O)N(c3ccc(Cl)cc3)C2=O)cccc1OC. The minimum atomic E-state index is -0.828. The van der Waals surface area contributed by atoms with Gasteiger partial charge in [0.1, 0.15) is 5.57 Å². The maximum Gasteiger partial charge on any atom is 0.335 e. The van der Waals surface area contributed by atoms with Gasteiger partial charge in [0.05, 0.1) is 18.9 Å². The van der Waals surface area contributed by atoms with E-state index in [0.717, 1.165) is 11.3 Å². The fourth-order valence-corrected chi connectivity index (χ4v) is 2.98. The molecule has 2 aromatic rings. The number of imide groups is 2. The lowest BCUT2D eigenvalue weighted by molar-refractivity contribution is -0.122. The first-order valence-electron chi connectivity index (χ1n) is 9.36. The number of urea groups is 1. The predicted molar refractivity (Wildman–Crippen MR) is 114 cm³/mol. The van der Waals surface area contributed by atoms with Crippen molar-refractivity contribution in [2.45, 2.75) is 26.4 Å². The number of ether oxygens (including phenoxy) is 2. The molecule has 1 saturated heterocycles. The van der Waals surface area contributed by atoms with Gasteiger partial charge in [0.25, 0.3) is 11.8 Å². The number of carbonyl (C=O) groups excluding carboxylic acids is 3. The van der Waals surface area contributed by atoms with Crippen molar-refractivity contribution >= 4 is 41.2 Å². The third kappa shape index (κ3) is 4.31. The average Bonchev–Trinajstić information content (AvgIpc) is 2.73. The van der Waals surface area contributed by atoms with E-state index < -0.39 is 17.8 Å². The molecule has 2 aromatic carbocycles. The molecular formula is C22H21ClN2O5. The fourth-order valence-electron chi connectivity index (χ4n) is 2.86. The molecule has 1 fully saturated rings. The van der Waals surface area contributed by atoms with Crippen molar-refractivity contribution in [2.24, 2.45) is 0 Å². The van der Waals surface area contributed by atoms with Crippen LogP contribution < -0.4 is 19.7 Å². The number of anilines is 1. The number of amides is 4. The van der Waals surface area contributed by atoms with Crippen LogP contribution in [0.5, 0.6) is 11.5 Å². The van der Waals surface area contributed by atoms with Crippen molar-refractivity contribution in [3.63, 3.8) is 0 Å². The zero-order valence-corrected chi connectivity index (χ0v) is 17.5. The summed E-state index contributed by atoms with van der Waals surface area (Å²) in [5.41, 5.74) is 0.576. The number of halogens is 1. The van der Waals surface area contributed by atoms with Gasteiger partial charge >= 0.3 is 6.03 Å². The Bertz CT molecular complexity index is 1020. The zero-order valence-electron chi connectivity index (χ0n) is 16.8. The van der Waals surface area contributed by atoms with Gasteiger partial charge in [0.15, 0.2) is 11.5 Å². The zero-order chi connectivity index (χ0) is 21.8. The number of nitrogens with one attached hydrogen (secondary N) is 1. The number of barbiturate groups is 1. The molecule has 0 saturated carbocycles. The molecule has 0 bridgehead atoms. The summed E-state index contributed by atoms with van der Waals surface area (Å²) in [5, 5.41) is 2.65. The lowest BCUT2D eigenvalue weighted by atomic mass is 10.1. The average molecular weight is 429 g/mol. The lowest BCUT2D eigenvalue weighted by Crippen LogP contribution is -2.54. The third-order valence-corrected chi connectivity index (χ3v) is 4.86. The molecule has 30 heavy (non-hydrogen) atoms. The second kappa shape index (κ2) is 9.00. The number of hydrogen-bond acceptors (Lipinski definition) is 5. The highest BCUT2D eigenvalue weighted by Gasteiger charge is 2.37. The van der Waals surface area contributed by atoms with E-state index in [1.165, 1.54) is 25.3 Å². The second-order valence-electron chi connectivity index (χ2n) is 6.65. The quantitative estimate of drug-likeness (QED) is 0.550. The Balaban J connectivity index is 2.05. The van der Waals surface area contributed by atoms with Crippen LogP contribution in [-0.4, -0.2) is 31.1 Å². The Kier molecular flexibility index (Phi) is 6.42. The minimum absolute atomic E-state index is 0.110. The lowest BCUT2D eigenvalue weighted by Gasteiger charge is -2.26. The van der Waals surface area contributed by atoms with Crippen LogP contribution in [-0.2, 0) is 9.59 Å².